The molecule has 6 nitrogen and oxygen atoms in total. The van der Waals surface area contributed by atoms with Crippen LogP contribution >= 0.6 is 0 Å². The maximum atomic E-state index is 10.7. The van der Waals surface area contributed by atoms with Gasteiger partial charge in [0.2, 0.25) is 6.41 Å². The van der Waals surface area contributed by atoms with Crippen LogP contribution in [0.5, 0.6) is 0 Å². The molecule has 0 saturated heterocycles. The topological polar surface area (TPSA) is 87.8 Å². The van der Waals surface area contributed by atoms with Crippen molar-refractivity contribution in [1.82, 2.24) is 10.2 Å². The van der Waals surface area contributed by atoms with Crippen molar-refractivity contribution in [3.05, 3.63) is 12.1 Å². The number of rotatable bonds is 13. The van der Waals surface area contributed by atoms with E-state index in [-0.39, 0.29) is 0 Å². The van der Waals surface area contributed by atoms with Gasteiger partial charge in [-0.2, -0.15) is 0 Å². The van der Waals surface area contributed by atoms with E-state index in [1.54, 1.807) is 6.92 Å². The van der Waals surface area contributed by atoms with Gasteiger partial charge in [0.25, 0.3) is 0 Å². The third kappa shape index (κ3) is 6.79. The largest absolute Gasteiger partial charge is 0.473 e. The number of nitrogens with two attached hydrogens (primary N) is 1. The number of nitrogens with zero attached hydrogens (tertiary/aromatic N) is 1. The Bertz CT molecular complexity index is 361. The number of unbranched alkanes of at least 4 members (excludes halogenated alkanes) is 7. The number of hydrogen-bond donors (Lipinski definition) is 3. The third-order valence-electron chi connectivity index (χ3n) is 4.28. The molecule has 1 aliphatic heterocycles. The molecule has 0 fully saturated rings. The summed E-state index contributed by atoms with van der Waals surface area (Å²) in [6.07, 6.45) is 10.9. The lowest BCUT2D eigenvalue weighted by Gasteiger charge is -2.32. The Hall–Kier alpha value is -1.27. The number of carbonyl (C=O) groups is 1. The fourth-order valence-corrected chi connectivity index (χ4v) is 2.79. The Morgan fingerprint density at radius 2 is 1.91 bits per heavy atom. The zero-order chi connectivity index (χ0) is 17.1. The predicted molar refractivity (Wildman–Crippen MR) is 91.1 cm³/mol. The summed E-state index contributed by atoms with van der Waals surface area (Å²) in [6, 6.07) is -0.522. The first-order valence-electron chi connectivity index (χ1n) is 8.88. The SMILES string of the molecule is CCCCCCCCCCN1C(NC=O)=COC1C(N)C(C)O. The number of amides is 1. The average Bonchev–Trinajstić information content (AvgIpc) is 2.92. The second-order valence-electron chi connectivity index (χ2n) is 6.28. The Labute approximate surface area is 140 Å². The highest BCUT2D eigenvalue weighted by Gasteiger charge is 2.34. The molecular formula is C17H33N3O3. The number of nitrogens with one attached hydrogen (secondary N) is 1. The van der Waals surface area contributed by atoms with Gasteiger partial charge in [-0.15, -0.1) is 0 Å². The maximum Gasteiger partial charge on any atom is 0.212 e. The summed E-state index contributed by atoms with van der Waals surface area (Å²) in [5.74, 6) is 0.615. The number of aliphatic hydroxyl groups excluding tert-OH is 1. The second kappa shape index (κ2) is 11.3. The van der Waals surface area contributed by atoms with Crippen LogP contribution in [-0.2, 0) is 9.53 Å². The van der Waals surface area contributed by atoms with Crippen LogP contribution < -0.4 is 11.1 Å². The smallest absolute Gasteiger partial charge is 0.212 e. The van der Waals surface area contributed by atoms with Crippen LogP contribution in [0.2, 0.25) is 0 Å². The normalized spacial score (nSPS) is 19.9. The molecular weight excluding hydrogens is 294 g/mol. The van der Waals surface area contributed by atoms with Crippen molar-refractivity contribution >= 4 is 6.41 Å². The quantitative estimate of drug-likeness (QED) is 0.356. The summed E-state index contributed by atoms with van der Waals surface area (Å²) in [4.78, 5) is 12.6. The van der Waals surface area contributed by atoms with E-state index < -0.39 is 18.4 Å². The van der Waals surface area contributed by atoms with E-state index in [9.17, 15) is 9.90 Å². The molecule has 0 aromatic heterocycles. The zero-order valence-electron chi connectivity index (χ0n) is 14.5. The van der Waals surface area contributed by atoms with Crippen LogP contribution in [0.3, 0.4) is 0 Å². The summed E-state index contributed by atoms with van der Waals surface area (Å²) < 4.78 is 5.53. The van der Waals surface area contributed by atoms with Crippen molar-refractivity contribution in [2.45, 2.75) is 83.6 Å². The van der Waals surface area contributed by atoms with Crippen molar-refractivity contribution in [3.8, 4) is 0 Å². The summed E-state index contributed by atoms with van der Waals surface area (Å²) in [5.41, 5.74) is 6.00. The molecule has 1 heterocycles. The van der Waals surface area contributed by atoms with Crippen LogP contribution in [0.1, 0.15) is 65.2 Å². The van der Waals surface area contributed by atoms with Gasteiger partial charge < -0.3 is 25.8 Å². The molecule has 134 valence electrons. The van der Waals surface area contributed by atoms with E-state index >= 15 is 0 Å². The molecule has 3 unspecified atom stereocenters. The van der Waals surface area contributed by atoms with E-state index in [2.05, 4.69) is 12.2 Å². The molecule has 1 amide bonds. The molecule has 0 radical (unpaired) electrons. The van der Waals surface area contributed by atoms with E-state index in [1.807, 2.05) is 4.90 Å². The van der Waals surface area contributed by atoms with Crippen molar-refractivity contribution < 1.29 is 14.6 Å². The van der Waals surface area contributed by atoms with Crippen LogP contribution in [-0.4, -0.2) is 41.3 Å². The lowest BCUT2D eigenvalue weighted by molar-refractivity contribution is -0.109. The first kappa shape index (κ1) is 19.8. The zero-order valence-corrected chi connectivity index (χ0v) is 14.5. The van der Waals surface area contributed by atoms with Crippen LogP contribution in [0.25, 0.3) is 0 Å². The summed E-state index contributed by atoms with van der Waals surface area (Å²) >= 11 is 0. The minimum atomic E-state index is -0.676. The summed E-state index contributed by atoms with van der Waals surface area (Å²) in [5, 5.41) is 12.3. The molecule has 23 heavy (non-hydrogen) atoms. The molecule has 0 saturated carbocycles. The van der Waals surface area contributed by atoms with Crippen LogP contribution in [0, 0.1) is 0 Å². The first-order chi connectivity index (χ1) is 11.1. The standard InChI is InChI=1S/C17H33N3O3/c1-3-4-5-6-7-8-9-10-11-20-15(19-13-21)12-23-17(20)16(18)14(2)22/h12-14,16-17,22H,3-11,18H2,1-2H3,(H,19,21). The third-order valence-corrected chi connectivity index (χ3v) is 4.28. The highest BCUT2D eigenvalue weighted by Crippen LogP contribution is 2.22. The summed E-state index contributed by atoms with van der Waals surface area (Å²) in [6.45, 7) is 4.63. The van der Waals surface area contributed by atoms with Crippen molar-refractivity contribution in [2.24, 2.45) is 5.73 Å². The lowest BCUT2D eigenvalue weighted by atomic mass is 10.1. The molecule has 6 heteroatoms. The minimum Gasteiger partial charge on any atom is -0.473 e. The lowest BCUT2D eigenvalue weighted by Crippen LogP contribution is -2.52. The number of hydrogen-bond acceptors (Lipinski definition) is 5. The highest BCUT2D eigenvalue weighted by atomic mass is 16.5. The number of aliphatic hydroxyl groups is 1. The molecule has 0 aromatic carbocycles. The van der Waals surface area contributed by atoms with Gasteiger partial charge in [0.1, 0.15) is 12.1 Å². The maximum absolute atomic E-state index is 10.7. The van der Waals surface area contributed by atoms with Crippen molar-refractivity contribution in [1.29, 1.82) is 0 Å². The number of carbonyl (C=O) groups excluding carboxylic acids is 1. The van der Waals surface area contributed by atoms with E-state index in [0.29, 0.717) is 12.2 Å². The Morgan fingerprint density at radius 3 is 2.48 bits per heavy atom. The van der Waals surface area contributed by atoms with Gasteiger partial charge in [0, 0.05) is 6.54 Å². The Balaban J connectivity index is 2.33. The van der Waals surface area contributed by atoms with E-state index in [4.69, 9.17) is 10.5 Å². The molecule has 4 N–H and O–H groups in total. The Morgan fingerprint density at radius 1 is 1.30 bits per heavy atom. The van der Waals surface area contributed by atoms with Crippen LogP contribution in [0.15, 0.2) is 12.1 Å². The van der Waals surface area contributed by atoms with Crippen molar-refractivity contribution in [2.75, 3.05) is 6.54 Å². The fourth-order valence-electron chi connectivity index (χ4n) is 2.79. The van der Waals surface area contributed by atoms with Gasteiger partial charge in [-0.05, 0) is 13.3 Å². The fraction of sp³-hybridized carbons (Fsp3) is 0.824. The van der Waals surface area contributed by atoms with Gasteiger partial charge in [0.05, 0.1) is 12.1 Å². The van der Waals surface area contributed by atoms with E-state index in [0.717, 1.165) is 19.4 Å². The van der Waals surface area contributed by atoms with Crippen LogP contribution in [0.4, 0.5) is 0 Å². The second-order valence-corrected chi connectivity index (χ2v) is 6.28. The summed E-state index contributed by atoms with van der Waals surface area (Å²) in [7, 11) is 0. The minimum absolute atomic E-state index is 0.429. The average molecular weight is 327 g/mol. The van der Waals surface area contributed by atoms with Gasteiger partial charge in [-0.3, -0.25) is 4.79 Å². The Kier molecular flexibility index (Phi) is 9.71. The van der Waals surface area contributed by atoms with Gasteiger partial charge >= 0.3 is 0 Å². The number of ether oxygens (including phenoxy) is 1. The predicted octanol–water partition coefficient (Wildman–Crippen LogP) is 2.04. The van der Waals surface area contributed by atoms with Gasteiger partial charge in [-0.25, -0.2) is 0 Å². The molecule has 0 aliphatic carbocycles. The monoisotopic (exact) mass is 327 g/mol. The highest BCUT2D eigenvalue weighted by molar-refractivity contribution is 5.49. The van der Waals surface area contributed by atoms with Gasteiger partial charge in [-0.1, -0.05) is 51.9 Å². The van der Waals surface area contributed by atoms with E-state index in [1.165, 1.54) is 44.8 Å². The molecule has 1 rings (SSSR count). The first-order valence-corrected chi connectivity index (χ1v) is 8.88. The van der Waals surface area contributed by atoms with Gasteiger partial charge in [0.15, 0.2) is 6.23 Å². The molecule has 3 atom stereocenters. The van der Waals surface area contributed by atoms with Crippen molar-refractivity contribution in [3.63, 3.8) is 0 Å². The molecule has 0 bridgehead atoms. The molecule has 0 aromatic rings. The molecule has 0 spiro atoms. The molecule has 1 aliphatic rings.